The van der Waals surface area contributed by atoms with Crippen molar-refractivity contribution >= 4 is 11.7 Å². The average Bonchev–Trinajstić information content (AvgIpc) is 2.99. The van der Waals surface area contributed by atoms with E-state index >= 15 is 0 Å². The van der Waals surface area contributed by atoms with E-state index in [1.165, 1.54) is 6.26 Å². The van der Waals surface area contributed by atoms with Crippen molar-refractivity contribution in [2.24, 2.45) is 10.8 Å². The van der Waals surface area contributed by atoms with Crippen LogP contribution in [-0.4, -0.2) is 17.4 Å². The van der Waals surface area contributed by atoms with Gasteiger partial charge in [0.25, 0.3) is 5.91 Å². The highest BCUT2D eigenvalue weighted by Gasteiger charge is 2.11. The van der Waals surface area contributed by atoms with Crippen LogP contribution in [0.4, 0.5) is 5.82 Å². The zero-order chi connectivity index (χ0) is 14.4. The van der Waals surface area contributed by atoms with Crippen molar-refractivity contribution in [2.75, 3.05) is 11.9 Å². The number of anilines is 1. The second kappa shape index (κ2) is 6.37. The number of nitrogens with zero attached hydrogens (tertiary/aromatic N) is 4. The summed E-state index contributed by atoms with van der Waals surface area (Å²) < 4.78 is 4.98. The SMILES string of the molecule is [N-]=[N+]=NC[C@H](N)c1cccc(NC(=O)c2ccco2)n1. The lowest BCUT2D eigenvalue weighted by molar-refractivity contribution is 0.0996. The summed E-state index contributed by atoms with van der Waals surface area (Å²) in [5.41, 5.74) is 14.6. The van der Waals surface area contributed by atoms with Crippen LogP contribution in [0.2, 0.25) is 0 Å². The van der Waals surface area contributed by atoms with Crippen molar-refractivity contribution in [3.63, 3.8) is 0 Å². The average molecular weight is 272 g/mol. The maximum Gasteiger partial charge on any atom is 0.292 e. The van der Waals surface area contributed by atoms with Crippen LogP contribution < -0.4 is 11.1 Å². The molecule has 2 aromatic heterocycles. The van der Waals surface area contributed by atoms with E-state index in [1.54, 1.807) is 30.3 Å². The molecule has 0 bridgehead atoms. The minimum Gasteiger partial charge on any atom is -0.459 e. The van der Waals surface area contributed by atoms with Crippen molar-refractivity contribution in [2.45, 2.75) is 6.04 Å². The Balaban J connectivity index is 2.09. The summed E-state index contributed by atoms with van der Waals surface area (Å²) in [4.78, 5) is 18.6. The van der Waals surface area contributed by atoms with E-state index < -0.39 is 11.9 Å². The minimum absolute atomic E-state index is 0.0963. The first-order chi connectivity index (χ1) is 9.70. The standard InChI is InChI=1S/C12H12N6O2/c13-8(7-15-18-14)9-3-1-5-11(16-9)17-12(19)10-4-2-6-20-10/h1-6,8H,7,13H2,(H,16,17,19)/t8-/m0/s1. The van der Waals surface area contributed by atoms with E-state index in [0.717, 1.165) is 0 Å². The number of carbonyl (C=O) groups excluding carboxylic acids is 1. The third-order valence-electron chi connectivity index (χ3n) is 2.48. The van der Waals surface area contributed by atoms with Gasteiger partial charge >= 0.3 is 0 Å². The lowest BCUT2D eigenvalue weighted by atomic mass is 10.2. The number of carbonyl (C=O) groups is 1. The van der Waals surface area contributed by atoms with E-state index in [0.29, 0.717) is 11.5 Å². The lowest BCUT2D eigenvalue weighted by Crippen LogP contribution is -2.17. The van der Waals surface area contributed by atoms with Gasteiger partial charge in [-0.15, -0.1) is 0 Å². The Morgan fingerprint density at radius 2 is 2.35 bits per heavy atom. The van der Waals surface area contributed by atoms with Gasteiger partial charge in [-0.2, -0.15) is 0 Å². The summed E-state index contributed by atoms with van der Waals surface area (Å²) in [6, 6.07) is 7.67. The van der Waals surface area contributed by atoms with E-state index in [-0.39, 0.29) is 12.3 Å². The molecule has 0 saturated heterocycles. The van der Waals surface area contributed by atoms with Gasteiger partial charge in [0, 0.05) is 11.5 Å². The molecular formula is C12H12N6O2. The first-order valence-corrected chi connectivity index (χ1v) is 5.79. The quantitative estimate of drug-likeness (QED) is 0.491. The van der Waals surface area contributed by atoms with Gasteiger partial charge in [-0.1, -0.05) is 11.2 Å². The number of pyridine rings is 1. The third-order valence-corrected chi connectivity index (χ3v) is 2.48. The summed E-state index contributed by atoms with van der Waals surface area (Å²) in [5, 5.41) is 5.99. The van der Waals surface area contributed by atoms with Gasteiger partial charge in [0.1, 0.15) is 5.82 Å². The van der Waals surface area contributed by atoms with Crippen LogP contribution in [0.3, 0.4) is 0 Å². The van der Waals surface area contributed by atoms with Crippen molar-refractivity contribution in [1.82, 2.24) is 4.98 Å². The number of furan rings is 1. The molecule has 0 fully saturated rings. The molecule has 0 saturated carbocycles. The third kappa shape index (κ3) is 3.35. The number of aromatic nitrogens is 1. The molecule has 0 aromatic carbocycles. The molecule has 0 spiro atoms. The van der Waals surface area contributed by atoms with Gasteiger partial charge in [-0.25, -0.2) is 4.98 Å². The summed E-state index contributed by atoms with van der Waals surface area (Å²) in [5.74, 6) is 0.138. The Bertz CT molecular complexity index is 633. The van der Waals surface area contributed by atoms with Gasteiger partial charge in [-0.3, -0.25) is 4.79 Å². The van der Waals surface area contributed by atoms with Gasteiger partial charge in [0.15, 0.2) is 5.76 Å². The minimum atomic E-state index is -0.522. The first-order valence-electron chi connectivity index (χ1n) is 5.79. The summed E-state index contributed by atoms with van der Waals surface area (Å²) >= 11 is 0. The molecule has 0 radical (unpaired) electrons. The number of hydrogen-bond donors (Lipinski definition) is 2. The van der Waals surface area contributed by atoms with Gasteiger partial charge in [0.05, 0.1) is 18.0 Å². The molecular weight excluding hydrogens is 260 g/mol. The van der Waals surface area contributed by atoms with Crippen molar-refractivity contribution < 1.29 is 9.21 Å². The van der Waals surface area contributed by atoms with Crippen molar-refractivity contribution in [3.8, 4) is 0 Å². The Morgan fingerprint density at radius 1 is 1.50 bits per heavy atom. The predicted octanol–water partition coefficient (Wildman–Crippen LogP) is 2.24. The van der Waals surface area contributed by atoms with E-state index in [4.69, 9.17) is 15.7 Å². The highest BCUT2D eigenvalue weighted by atomic mass is 16.3. The Morgan fingerprint density at radius 3 is 3.05 bits per heavy atom. The van der Waals surface area contributed by atoms with Crippen LogP contribution in [-0.2, 0) is 0 Å². The number of azide groups is 1. The molecule has 1 atom stereocenters. The van der Waals surface area contributed by atoms with Gasteiger partial charge in [-0.05, 0) is 29.8 Å². The molecule has 8 nitrogen and oxygen atoms in total. The van der Waals surface area contributed by atoms with Crippen LogP contribution in [0.25, 0.3) is 10.4 Å². The second-order valence-corrected chi connectivity index (χ2v) is 3.90. The Labute approximate surface area is 114 Å². The molecule has 20 heavy (non-hydrogen) atoms. The van der Waals surface area contributed by atoms with Gasteiger partial charge in [0.2, 0.25) is 0 Å². The first kappa shape index (κ1) is 13.6. The second-order valence-electron chi connectivity index (χ2n) is 3.90. The molecule has 1 amide bonds. The number of amides is 1. The molecule has 2 aromatic rings. The summed E-state index contributed by atoms with van der Waals surface area (Å²) in [6.07, 6.45) is 1.41. The van der Waals surface area contributed by atoms with Crippen LogP contribution in [0.15, 0.2) is 46.1 Å². The molecule has 0 aliphatic rings. The molecule has 2 heterocycles. The van der Waals surface area contributed by atoms with E-state index in [1.807, 2.05) is 0 Å². The fraction of sp³-hybridized carbons (Fsp3) is 0.167. The molecule has 8 heteroatoms. The maximum atomic E-state index is 11.8. The molecule has 0 aliphatic carbocycles. The molecule has 2 rings (SSSR count). The Kier molecular flexibility index (Phi) is 4.33. The zero-order valence-electron chi connectivity index (χ0n) is 10.4. The predicted molar refractivity (Wildman–Crippen MR) is 71.8 cm³/mol. The summed E-state index contributed by atoms with van der Waals surface area (Å²) in [7, 11) is 0. The molecule has 102 valence electrons. The number of nitrogens with one attached hydrogen (secondary N) is 1. The number of rotatable bonds is 5. The van der Waals surface area contributed by atoms with E-state index in [2.05, 4.69) is 20.3 Å². The van der Waals surface area contributed by atoms with Crippen LogP contribution in [0, 0.1) is 0 Å². The van der Waals surface area contributed by atoms with Gasteiger partial charge < -0.3 is 15.5 Å². The smallest absolute Gasteiger partial charge is 0.292 e. The van der Waals surface area contributed by atoms with Crippen LogP contribution in [0.1, 0.15) is 22.3 Å². The van der Waals surface area contributed by atoms with Crippen LogP contribution >= 0.6 is 0 Å². The number of nitrogens with two attached hydrogens (primary N) is 1. The van der Waals surface area contributed by atoms with Crippen LogP contribution in [0.5, 0.6) is 0 Å². The molecule has 3 N–H and O–H groups in total. The maximum absolute atomic E-state index is 11.8. The molecule has 0 aliphatic heterocycles. The monoisotopic (exact) mass is 272 g/mol. The van der Waals surface area contributed by atoms with E-state index in [9.17, 15) is 4.79 Å². The van der Waals surface area contributed by atoms with Crippen molar-refractivity contribution in [1.29, 1.82) is 0 Å². The fourth-order valence-electron chi connectivity index (χ4n) is 1.53. The highest BCUT2D eigenvalue weighted by Crippen LogP contribution is 2.13. The molecule has 0 unspecified atom stereocenters. The normalized spacial score (nSPS) is 11.4. The highest BCUT2D eigenvalue weighted by molar-refractivity contribution is 6.01. The van der Waals surface area contributed by atoms with Crippen molar-refractivity contribution in [3.05, 3.63) is 58.5 Å². The topological polar surface area (TPSA) is 130 Å². The largest absolute Gasteiger partial charge is 0.459 e. The lowest BCUT2D eigenvalue weighted by Gasteiger charge is -2.09. The Hall–Kier alpha value is -2.83. The summed E-state index contributed by atoms with van der Waals surface area (Å²) in [6.45, 7) is 0.0963. The zero-order valence-corrected chi connectivity index (χ0v) is 10.4. The number of hydrogen-bond acceptors (Lipinski definition) is 5. The fourth-order valence-corrected chi connectivity index (χ4v) is 1.53.